The van der Waals surface area contributed by atoms with Gasteiger partial charge in [-0.1, -0.05) is 0 Å². The van der Waals surface area contributed by atoms with Crippen molar-refractivity contribution in [1.82, 2.24) is 0 Å². The molecule has 1 aliphatic rings. The molecule has 0 spiro atoms. The monoisotopic (exact) mass is 351 g/mol. The highest BCUT2D eigenvalue weighted by atomic mass is 32.2. The zero-order valence-electron chi connectivity index (χ0n) is 14.0. The smallest absolute Gasteiger partial charge is 0.341 e. The molecule has 7 heteroatoms. The van der Waals surface area contributed by atoms with E-state index in [1.165, 1.54) is 11.9 Å². The maximum Gasteiger partial charge on any atom is 0.341 e. The topological polar surface area (TPSA) is 72.9 Å². The summed E-state index contributed by atoms with van der Waals surface area (Å²) < 4.78 is 11.9. The van der Waals surface area contributed by atoms with E-state index in [0.717, 1.165) is 5.69 Å². The van der Waals surface area contributed by atoms with Crippen LogP contribution in [0.15, 0.2) is 24.3 Å². The fourth-order valence-electron chi connectivity index (χ4n) is 1.92. The lowest BCUT2D eigenvalue weighted by Crippen LogP contribution is -2.27. The number of carbonyl (C=O) groups is 3. The van der Waals surface area contributed by atoms with Crippen molar-refractivity contribution in [3.8, 4) is 0 Å². The molecule has 0 atom stereocenters. The Bertz CT molecular complexity index is 611. The van der Waals surface area contributed by atoms with Crippen LogP contribution in [0.25, 0.3) is 0 Å². The third-order valence-electron chi connectivity index (χ3n) is 3.36. The van der Waals surface area contributed by atoms with Crippen molar-refractivity contribution in [3.05, 3.63) is 29.8 Å². The van der Waals surface area contributed by atoms with Crippen LogP contribution in [0.3, 0.4) is 0 Å². The SMILES string of the molecule is CC(C)(C)C(=O)OCOC(=O)c1ccc(N2CCC(=O)CS2)cc1. The number of esters is 2. The molecule has 0 radical (unpaired) electrons. The van der Waals surface area contributed by atoms with Gasteiger partial charge in [0.15, 0.2) is 0 Å². The summed E-state index contributed by atoms with van der Waals surface area (Å²) in [6, 6.07) is 6.92. The molecule has 0 N–H and O–H groups in total. The zero-order valence-corrected chi connectivity index (χ0v) is 14.9. The molecule has 1 saturated heterocycles. The Morgan fingerprint density at radius 1 is 1.17 bits per heavy atom. The van der Waals surface area contributed by atoms with Gasteiger partial charge in [-0.3, -0.25) is 9.59 Å². The number of carbonyl (C=O) groups excluding carboxylic acids is 3. The first kappa shape index (κ1) is 18.3. The first-order valence-corrected chi connectivity index (χ1v) is 8.58. The second-order valence-electron chi connectivity index (χ2n) is 6.44. The zero-order chi connectivity index (χ0) is 17.7. The van der Waals surface area contributed by atoms with E-state index in [0.29, 0.717) is 24.3 Å². The quantitative estimate of drug-likeness (QED) is 0.469. The van der Waals surface area contributed by atoms with Crippen LogP contribution in [0, 0.1) is 5.41 Å². The van der Waals surface area contributed by atoms with Gasteiger partial charge < -0.3 is 13.8 Å². The summed E-state index contributed by atoms with van der Waals surface area (Å²) in [7, 11) is 0. The standard InChI is InChI=1S/C17H21NO5S/c1-17(2,3)16(21)23-11-22-15(20)12-4-6-13(7-5-12)18-9-8-14(19)10-24-18/h4-7H,8-11H2,1-3H3. The van der Waals surface area contributed by atoms with Crippen molar-refractivity contribution < 1.29 is 23.9 Å². The van der Waals surface area contributed by atoms with E-state index in [4.69, 9.17) is 9.47 Å². The fourth-order valence-corrected chi connectivity index (χ4v) is 2.85. The van der Waals surface area contributed by atoms with Crippen LogP contribution in [-0.4, -0.2) is 36.8 Å². The third-order valence-corrected chi connectivity index (χ3v) is 4.51. The normalized spacial score (nSPS) is 15.1. The van der Waals surface area contributed by atoms with Gasteiger partial charge in [-0.15, -0.1) is 0 Å². The molecule has 0 saturated carbocycles. The summed E-state index contributed by atoms with van der Waals surface area (Å²) >= 11 is 1.47. The van der Waals surface area contributed by atoms with Crippen molar-refractivity contribution in [2.45, 2.75) is 27.2 Å². The van der Waals surface area contributed by atoms with Crippen molar-refractivity contribution >= 4 is 35.4 Å². The Kier molecular flexibility index (Phi) is 5.88. The second kappa shape index (κ2) is 7.70. The third kappa shape index (κ3) is 4.99. The molecular formula is C17H21NO5S. The number of nitrogens with zero attached hydrogens (tertiary/aromatic N) is 1. The number of ether oxygens (including phenoxy) is 2. The van der Waals surface area contributed by atoms with Gasteiger partial charge in [0.2, 0.25) is 6.79 Å². The molecule has 130 valence electrons. The van der Waals surface area contributed by atoms with E-state index < -0.39 is 24.1 Å². The Morgan fingerprint density at radius 2 is 1.83 bits per heavy atom. The highest BCUT2D eigenvalue weighted by Gasteiger charge is 2.23. The molecule has 24 heavy (non-hydrogen) atoms. The molecule has 0 bridgehead atoms. The van der Waals surface area contributed by atoms with Crippen LogP contribution in [0.2, 0.25) is 0 Å². The molecule has 1 aliphatic heterocycles. The van der Waals surface area contributed by atoms with Crippen LogP contribution in [-0.2, 0) is 19.1 Å². The minimum atomic E-state index is -0.637. The van der Waals surface area contributed by atoms with Gasteiger partial charge in [-0.05, 0) is 57.0 Å². The summed E-state index contributed by atoms with van der Waals surface area (Å²) in [5, 5.41) is 0. The van der Waals surface area contributed by atoms with E-state index in [1.54, 1.807) is 45.0 Å². The lowest BCUT2D eigenvalue weighted by atomic mass is 9.98. The Balaban J connectivity index is 1.85. The van der Waals surface area contributed by atoms with Crippen molar-refractivity contribution in [3.63, 3.8) is 0 Å². The molecule has 1 aromatic carbocycles. The number of hydrogen-bond donors (Lipinski definition) is 0. The fraction of sp³-hybridized carbons (Fsp3) is 0.471. The van der Waals surface area contributed by atoms with Gasteiger partial charge in [-0.2, -0.15) is 0 Å². The molecule has 1 fully saturated rings. The van der Waals surface area contributed by atoms with Crippen LogP contribution >= 0.6 is 11.9 Å². The van der Waals surface area contributed by atoms with Crippen LogP contribution in [0.4, 0.5) is 5.69 Å². The average molecular weight is 351 g/mol. The van der Waals surface area contributed by atoms with Crippen molar-refractivity contribution in [1.29, 1.82) is 0 Å². The number of ketones is 1. The lowest BCUT2D eigenvalue weighted by Gasteiger charge is -2.26. The number of benzene rings is 1. The average Bonchev–Trinajstić information content (AvgIpc) is 2.54. The molecule has 0 unspecified atom stereocenters. The summed E-state index contributed by atoms with van der Waals surface area (Å²) in [4.78, 5) is 34.8. The predicted octanol–water partition coefficient (Wildman–Crippen LogP) is 2.82. The highest BCUT2D eigenvalue weighted by Crippen LogP contribution is 2.26. The molecule has 1 aromatic rings. The minimum Gasteiger partial charge on any atom is -0.427 e. The molecular weight excluding hydrogens is 330 g/mol. The Labute approximate surface area is 145 Å². The van der Waals surface area contributed by atoms with Gasteiger partial charge >= 0.3 is 11.9 Å². The first-order valence-electron chi connectivity index (χ1n) is 7.64. The van der Waals surface area contributed by atoms with E-state index in [9.17, 15) is 14.4 Å². The summed E-state index contributed by atoms with van der Waals surface area (Å²) in [5.41, 5.74) is 0.675. The number of anilines is 1. The van der Waals surface area contributed by atoms with Crippen molar-refractivity contribution in [2.24, 2.45) is 5.41 Å². The largest absolute Gasteiger partial charge is 0.427 e. The van der Waals surface area contributed by atoms with Gasteiger partial charge in [0.25, 0.3) is 0 Å². The molecule has 2 rings (SSSR count). The summed E-state index contributed by atoms with van der Waals surface area (Å²) in [5.74, 6) is -0.253. The minimum absolute atomic E-state index is 0.251. The first-order chi connectivity index (χ1) is 11.3. The van der Waals surface area contributed by atoms with Crippen molar-refractivity contribution in [2.75, 3.05) is 23.4 Å². The van der Waals surface area contributed by atoms with E-state index in [1.807, 2.05) is 4.31 Å². The maximum absolute atomic E-state index is 11.9. The second-order valence-corrected chi connectivity index (χ2v) is 7.43. The van der Waals surface area contributed by atoms with Gasteiger partial charge in [0.1, 0.15) is 5.78 Å². The molecule has 6 nitrogen and oxygen atoms in total. The van der Waals surface area contributed by atoms with E-state index >= 15 is 0 Å². The highest BCUT2D eigenvalue weighted by molar-refractivity contribution is 8.01. The molecule has 0 amide bonds. The lowest BCUT2D eigenvalue weighted by molar-refractivity contribution is -0.161. The van der Waals surface area contributed by atoms with Crippen LogP contribution in [0.5, 0.6) is 0 Å². The van der Waals surface area contributed by atoms with Gasteiger partial charge in [0.05, 0.1) is 16.7 Å². The number of rotatable bonds is 4. The Morgan fingerprint density at radius 3 is 2.38 bits per heavy atom. The van der Waals surface area contributed by atoms with E-state index in [2.05, 4.69) is 0 Å². The van der Waals surface area contributed by atoms with Gasteiger partial charge in [0, 0.05) is 18.7 Å². The number of Topliss-reactive ketones (excluding diaryl/α,β-unsaturated/α-hetero) is 1. The van der Waals surface area contributed by atoms with Crippen LogP contribution < -0.4 is 4.31 Å². The molecule has 1 heterocycles. The molecule has 0 aliphatic carbocycles. The summed E-state index contributed by atoms with van der Waals surface area (Å²) in [6.07, 6.45) is 0.538. The maximum atomic E-state index is 11.9. The number of hydrogen-bond acceptors (Lipinski definition) is 7. The van der Waals surface area contributed by atoms with Gasteiger partial charge in [-0.25, -0.2) is 4.79 Å². The Hall–Kier alpha value is -2.02. The summed E-state index contributed by atoms with van der Waals surface area (Å²) in [6.45, 7) is 5.43. The molecule has 0 aromatic heterocycles. The van der Waals surface area contributed by atoms with E-state index in [-0.39, 0.29) is 5.78 Å². The predicted molar refractivity (Wildman–Crippen MR) is 91.7 cm³/mol. The van der Waals surface area contributed by atoms with Crippen LogP contribution in [0.1, 0.15) is 37.6 Å².